The van der Waals surface area contributed by atoms with Crippen molar-refractivity contribution >= 4 is 25.2 Å². The van der Waals surface area contributed by atoms with Crippen LogP contribution in [0.15, 0.2) is 97.1 Å². The summed E-state index contributed by atoms with van der Waals surface area (Å²) in [6.45, 7) is 0.0975. The van der Waals surface area contributed by atoms with E-state index in [1.54, 1.807) is 24.3 Å². The van der Waals surface area contributed by atoms with Crippen molar-refractivity contribution in [2.75, 3.05) is 18.9 Å². The number of aryl methyl sites for hydroxylation is 1. The van der Waals surface area contributed by atoms with Gasteiger partial charge in [-0.25, -0.2) is 0 Å². The van der Waals surface area contributed by atoms with Gasteiger partial charge in [-0.05, 0) is 36.1 Å². The average molecular weight is 532 g/mol. The highest BCUT2D eigenvalue weighted by molar-refractivity contribution is 7.58. The van der Waals surface area contributed by atoms with Gasteiger partial charge in [-0.15, -0.1) is 0 Å². The summed E-state index contributed by atoms with van der Waals surface area (Å²) in [5, 5.41) is 0. The summed E-state index contributed by atoms with van der Waals surface area (Å²) in [5.74, 6) is -2.03. The van der Waals surface area contributed by atoms with E-state index in [0.717, 1.165) is 16.0 Å². The molecule has 1 heterocycles. The van der Waals surface area contributed by atoms with E-state index >= 15 is 0 Å². The molecule has 0 spiro atoms. The van der Waals surface area contributed by atoms with Gasteiger partial charge in [0.1, 0.15) is 6.61 Å². The molecule has 0 aliphatic carbocycles. The Bertz CT molecular complexity index is 1320. The van der Waals surface area contributed by atoms with E-state index in [9.17, 15) is 23.8 Å². The Morgan fingerprint density at radius 1 is 0.842 bits per heavy atom. The fourth-order valence-corrected chi connectivity index (χ4v) is 6.01. The SMILES string of the molecule is O=C(OCc1ccccc1)C(CCc1ccccc1)CP(=O)(O)CC=CCN1C(=O)c2ccccc2C1=O. The summed E-state index contributed by atoms with van der Waals surface area (Å²) in [7, 11) is -3.75. The van der Waals surface area contributed by atoms with Crippen molar-refractivity contribution in [3.05, 3.63) is 119 Å². The molecule has 1 aliphatic heterocycles. The highest BCUT2D eigenvalue weighted by atomic mass is 31.2. The molecule has 2 unspecified atom stereocenters. The Labute approximate surface area is 222 Å². The van der Waals surface area contributed by atoms with E-state index in [1.165, 1.54) is 12.2 Å². The van der Waals surface area contributed by atoms with Crippen molar-refractivity contribution in [2.24, 2.45) is 5.92 Å². The number of benzene rings is 3. The number of ether oxygens (including phenoxy) is 1. The number of amides is 2. The zero-order valence-corrected chi connectivity index (χ0v) is 21.8. The van der Waals surface area contributed by atoms with Crippen LogP contribution in [-0.4, -0.2) is 46.4 Å². The Morgan fingerprint density at radius 3 is 2.00 bits per heavy atom. The number of fused-ring (bicyclic) bond motifs is 1. The van der Waals surface area contributed by atoms with Crippen molar-refractivity contribution in [2.45, 2.75) is 19.4 Å². The summed E-state index contributed by atoms with van der Waals surface area (Å²) in [6.07, 6.45) is 3.59. The predicted molar refractivity (Wildman–Crippen MR) is 145 cm³/mol. The lowest BCUT2D eigenvalue weighted by molar-refractivity contribution is -0.149. The smallest absolute Gasteiger partial charge is 0.309 e. The molecule has 0 radical (unpaired) electrons. The van der Waals surface area contributed by atoms with Crippen LogP contribution in [0.3, 0.4) is 0 Å². The van der Waals surface area contributed by atoms with Gasteiger partial charge in [0.25, 0.3) is 11.8 Å². The molecular formula is C30H30NO6P. The summed E-state index contributed by atoms with van der Waals surface area (Å²) in [5.41, 5.74) is 2.58. The van der Waals surface area contributed by atoms with Gasteiger partial charge in [-0.1, -0.05) is 84.9 Å². The molecule has 3 aromatic rings. The first-order valence-electron chi connectivity index (χ1n) is 12.5. The lowest BCUT2D eigenvalue weighted by Gasteiger charge is -2.19. The lowest BCUT2D eigenvalue weighted by Crippen LogP contribution is -2.29. The maximum absolute atomic E-state index is 13.1. The van der Waals surface area contributed by atoms with E-state index < -0.39 is 19.3 Å². The van der Waals surface area contributed by atoms with Crippen LogP contribution >= 0.6 is 7.37 Å². The van der Waals surface area contributed by atoms with Gasteiger partial charge < -0.3 is 9.63 Å². The fraction of sp³-hybridized carbons (Fsp3) is 0.233. The normalized spacial score (nSPS) is 15.3. The molecule has 8 heteroatoms. The zero-order valence-electron chi connectivity index (χ0n) is 20.9. The van der Waals surface area contributed by atoms with Gasteiger partial charge in [0.2, 0.25) is 7.37 Å². The second-order valence-corrected chi connectivity index (χ2v) is 11.7. The Balaban J connectivity index is 1.35. The first-order valence-corrected chi connectivity index (χ1v) is 14.5. The second kappa shape index (κ2) is 12.6. The Hall–Kier alpha value is -3.80. The molecule has 3 aromatic carbocycles. The third-order valence-electron chi connectivity index (χ3n) is 6.41. The predicted octanol–water partition coefficient (Wildman–Crippen LogP) is 5.10. The third kappa shape index (κ3) is 7.15. The number of imide groups is 1. The van der Waals surface area contributed by atoms with Crippen molar-refractivity contribution < 1.29 is 28.6 Å². The van der Waals surface area contributed by atoms with Crippen LogP contribution in [-0.2, 0) is 27.1 Å². The Morgan fingerprint density at radius 2 is 1.39 bits per heavy atom. The molecule has 0 saturated carbocycles. The van der Waals surface area contributed by atoms with Crippen LogP contribution in [0.2, 0.25) is 0 Å². The minimum Gasteiger partial charge on any atom is -0.461 e. The average Bonchev–Trinajstić information content (AvgIpc) is 3.18. The molecule has 0 aromatic heterocycles. The zero-order chi connectivity index (χ0) is 27.0. The molecule has 0 saturated heterocycles. The second-order valence-electron chi connectivity index (χ2n) is 9.26. The first-order chi connectivity index (χ1) is 18.3. The van der Waals surface area contributed by atoms with Gasteiger partial charge in [0.15, 0.2) is 0 Å². The largest absolute Gasteiger partial charge is 0.461 e. The topological polar surface area (TPSA) is 101 Å². The number of allylic oxidation sites excluding steroid dienone is 1. The van der Waals surface area contributed by atoms with Crippen LogP contribution in [0.25, 0.3) is 0 Å². The van der Waals surface area contributed by atoms with Gasteiger partial charge >= 0.3 is 5.97 Å². The highest BCUT2D eigenvalue weighted by Gasteiger charge is 2.34. The van der Waals surface area contributed by atoms with Gasteiger partial charge in [0.05, 0.1) is 17.0 Å². The van der Waals surface area contributed by atoms with E-state index in [-0.39, 0.29) is 37.3 Å². The van der Waals surface area contributed by atoms with Crippen molar-refractivity contribution in [3.8, 4) is 0 Å². The van der Waals surface area contributed by atoms with Crippen LogP contribution in [0.1, 0.15) is 38.3 Å². The van der Waals surface area contributed by atoms with E-state index in [1.807, 2.05) is 60.7 Å². The summed E-state index contributed by atoms with van der Waals surface area (Å²) in [6, 6.07) is 25.5. The van der Waals surface area contributed by atoms with Gasteiger partial charge in [0, 0.05) is 18.9 Å². The number of hydrogen-bond acceptors (Lipinski definition) is 5. The number of carbonyl (C=O) groups is 3. The number of hydrogen-bond donors (Lipinski definition) is 1. The fourth-order valence-electron chi connectivity index (χ4n) is 4.36. The molecule has 1 N–H and O–H groups in total. The number of esters is 1. The number of carbonyl (C=O) groups excluding carboxylic acids is 3. The molecular weight excluding hydrogens is 501 g/mol. The van der Waals surface area contributed by atoms with Crippen molar-refractivity contribution in [3.63, 3.8) is 0 Å². The molecule has 0 fully saturated rings. The van der Waals surface area contributed by atoms with E-state index in [4.69, 9.17) is 4.74 Å². The molecule has 1 aliphatic rings. The summed E-state index contributed by atoms with van der Waals surface area (Å²) < 4.78 is 18.6. The third-order valence-corrected chi connectivity index (χ3v) is 8.20. The number of nitrogens with zero attached hydrogens (tertiary/aromatic N) is 1. The van der Waals surface area contributed by atoms with Crippen LogP contribution < -0.4 is 0 Å². The maximum atomic E-state index is 13.1. The standard InChI is InChI=1S/C30H30NO6P/c32-28-26-15-7-8-16-27(26)29(33)31(28)19-9-10-20-38(35,36)22-25(18-17-23-11-3-1-4-12-23)30(34)37-21-24-13-5-2-6-14-24/h1-16,25H,17-22H2,(H,35,36). The molecule has 38 heavy (non-hydrogen) atoms. The maximum Gasteiger partial charge on any atom is 0.309 e. The summed E-state index contributed by atoms with van der Waals surface area (Å²) in [4.78, 5) is 49.7. The molecule has 196 valence electrons. The molecule has 2 atom stereocenters. The van der Waals surface area contributed by atoms with Crippen LogP contribution in [0.4, 0.5) is 0 Å². The van der Waals surface area contributed by atoms with E-state index in [2.05, 4.69) is 0 Å². The van der Waals surface area contributed by atoms with E-state index in [0.29, 0.717) is 24.0 Å². The quantitative estimate of drug-likeness (QED) is 0.151. The lowest BCUT2D eigenvalue weighted by atomic mass is 10.0. The number of rotatable bonds is 12. The van der Waals surface area contributed by atoms with Crippen LogP contribution in [0.5, 0.6) is 0 Å². The van der Waals surface area contributed by atoms with Crippen molar-refractivity contribution in [1.29, 1.82) is 0 Å². The minimum absolute atomic E-state index is 0.00288. The summed E-state index contributed by atoms with van der Waals surface area (Å²) >= 11 is 0. The monoisotopic (exact) mass is 531 g/mol. The molecule has 4 rings (SSSR count). The molecule has 0 bridgehead atoms. The van der Waals surface area contributed by atoms with Crippen molar-refractivity contribution in [1.82, 2.24) is 4.90 Å². The van der Waals surface area contributed by atoms with Gasteiger partial charge in [-0.3, -0.25) is 23.8 Å². The minimum atomic E-state index is -3.75. The molecule has 7 nitrogen and oxygen atoms in total. The molecule has 2 amide bonds. The van der Waals surface area contributed by atoms with Crippen LogP contribution in [0, 0.1) is 5.92 Å². The van der Waals surface area contributed by atoms with Gasteiger partial charge in [-0.2, -0.15) is 0 Å². The Kier molecular flexibility index (Phi) is 9.06. The first kappa shape index (κ1) is 27.2. The highest BCUT2D eigenvalue weighted by Crippen LogP contribution is 2.43.